The van der Waals surface area contributed by atoms with Crippen molar-refractivity contribution in [3.63, 3.8) is 0 Å². The van der Waals surface area contributed by atoms with Crippen LogP contribution in [-0.4, -0.2) is 28.7 Å². The molecule has 0 fully saturated rings. The number of rotatable bonds is 7. The minimum atomic E-state index is 0.626. The number of nitrogens with zero attached hydrogens (tertiary/aromatic N) is 6. The third kappa shape index (κ3) is 6.07. The summed E-state index contributed by atoms with van der Waals surface area (Å²) in [5, 5.41) is 6.07. The lowest BCUT2D eigenvalue weighted by molar-refractivity contribution is 1.07. The molecule has 0 unspecified atom stereocenters. The molecule has 6 heteroatoms. The molecule has 0 spiro atoms. The smallest absolute Gasteiger partial charge is 0.164 e. The zero-order valence-electron chi connectivity index (χ0n) is 35.1. The molecule has 0 saturated heterocycles. The number of hydrogen-bond acceptors (Lipinski definition) is 3. The van der Waals surface area contributed by atoms with Crippen molar-refractivity contribution >= 4 is 54.5 Å². The van der Waals surface area contributed by atoms with Crippen LogP contribution in [0, 0.1) is 0 Å². The van der Waals surface area contributed by atoms with Crippen molar-refractivity contribution in [2.24, 2.45) is 0 Å². The average Bonchev–Trinajstić information content (AvgIpc) is 4.07. The summed E-state index contributed by atoms with van der Waals surface area (Å²) in [6.45, 7) is 0. The van der Waals surface area contributed by atoms with E-state index >= 15 is 0 Å². The summed E-state index contributed by atoms with van der Waals surface area (Å²) >= 11 is 0. The highest BCUT2D eigenvalue weighted by atomic mass is 15.0. The van der Waals surface area contributed by atoms with Crippen LogP contribution in [0.2, 0.25) is 0 Å². The normalized spacial score (nSPS) is 11.7. The van der Waals surface area contributed by atoms with Crippen LogP contribution in [0.5, 0.6) is 0 Å². The van der Waals surface area contributed by atoms with Gasteiger partial charge in [-0.15, -0.1) is 0 Å². The Kier molecular flexibility index (Phi) is 8.42. The Hall–Kier alpha value is -8.87. The lowest BCUT2D eigenvalue weighted by Gasteiger charge is -2.13. The van der Waals surface area contributed by atoms with Crippen LogP contribution < -0.4 is 0 Å². The van der Waals surface area contributed by atoms with Crippen molar-refractivity contribution in [2.45, 2.75) is 0 Å². The van der Waals surface area contributed by atoms with Gasteiger partial charge in [-0.3, -0.25) is 0 Å². The Morgan fingerprint density at radius 3 is 1.49 bits per heavy atom. The van der Waals surface area contributed by atoms with E-state index in [1.807, 2.05) is 60.7 Å². The molecule has 6 nitrogen and oxygen atoms in total. The van der Waals surface area contributed by atoms with E-state index in [0.29, 0.717) is 17.5 Å². The predicted molar refractivity (Wildman–Crippen MR) is 267 cm³/mol. The molecule has 0 amide bonds. The Morgan fingerprint density at radius 2 is 0.785 bits per heavy atom. The number of aromatic nitrogens is 6. The molecule has 13 rings (SSSR count). The lowest BCUT2D eigenvalue weighted by Crippen LogP contribution is -2.00. The number of hydrogen-bond donors (Lipinski definition) is 0. The summed E-state index contributed by atoms with van der Waals surface area (Å²) in [5.41, 5.74) is 14.1. The average molecular weight is 831 g/mol. The van der Waals surface area contributed by atoms with E-state index in [9.17, 15) is 0 Å². The Labute approximate surface area is 374 Å². The summed E-state index contributed by atoms with van der Waals surface area (Å²) in [7, 11) is 0. The molecule has 0 aliphatic carbocycles. The van der Waals surface area contributed by atoms with Gasteiger partial charge in [0.25, 0.3) is 0 Å². The fourth-order valence-corrected chi connectivity index (χ4v) is 9.72. The zero-order chi connectivity index (χ0) is 42.8. The minimum Gasteiger partial charge on any atom is -0.316 e. The van der Waals surface area contributed by atoms with Gasteiger partial charge in [0, 0.05) is 66.9 Å². The zero-order valence-corrected chi connectivity index (χ0v) is 35.1. The van der Waals surface area contributed by atoms with Crippen molar-refractivity contribution in [1.29, 1.82) is 0 Å². The van der Waals surface area contributed by atoms with Crippen LogP contribution in [0.1, 0.15) is 0 Å². The first kappa shape index (κ1) is 36.8. The largest absolute Gasteiger partial charge is 0.316 e. The summed E-state index contributed by atoms with van der Waals surface area (Å²) in [6.07, 6.45) is 2.20. The third-order valence-corrected chi connectivity index (χ3v) is 12.7. The highest BCUT2D eigenvalue weighted by Gasteiger charge is 2.22. The number of fused-ring (bicyclic) bond motifs is 8. The van der Waals surface area contributed by atoms with E-state index in [4.69, 9.17) is 15.0 Å². The van der Waals surface area contributed by atoms with Gasteiger partial charge in [0.1, 0.15) is 0 Å². The van der Waals surface area contributed by atoms with Crippen LogP contribution >= 0.6 is 0 Å². The van der Waals surface area contributed by atoms with Crippen molar-refractivity contribution in [3.8, 4) is 62.4 Å². The molecule has 0 aliphatic heterocycles. The maximum atomic E-state index is 5.05. The number of benzene rings is 9. The van der Waals surface area contributed by atoms with Crippen LogP contribution in [0.25, 0.3) is 117 Å². The standard InChI is InChI=1S/C59H38N6/c1-5-17-39(18-6-1)57-60-58(40-19-7-2-8-20-40)62-59(61-57)43-23-15-21-41(35-43)42-22-16-28-46(36-42)65-55-38-54-50(47-29-13-14-30-53(47)64(54)45-26-11-4-12-27-45)37-51(55)48-31-32-52-49(56(48)65)33-34-63(52)44-24-9-3-10-25-44/h1-38H. The van der Waals surface area contributed by atoms with Gasteiger partial charge in [-0.05, 0) is 83.9 Å². The SMILES string of the molecule is c1ccc(-c2nc(-c3ccccc3)nc(-c3cccc(-c4cccc(-n5c6cc7c(cc6c6ccc8c(ccn8-c8ccccc8)c65)c5ccccc5n7-c5ccccc5)c4)c3)n2)cc1. The molecule has 0 aliphatic rings. The van der Waals surface area contributed by atoms with Gasteiger partial charge in [-0.1, -0.05) is 152 Å². The minimum absolute atomic E-state index is 0.626. The van der Waals surface area contributed by atoms with Crippen LogP contribution in [-0.2, 0) is 0 Å². The summed E-state index contributed by atoms with van der Waals surface area (Å²) in [4.78, 5) is 15.0. The Morgan fingerprint density at radius 1 is 0.262 bits per heavy atom. The van der Waals surface area contributed by atoms with E-state index in [1.54, 1.807) is 0 Å². The fraction of sp³-hybridized carbons (Fsp3) is 0. The van der Waals surface area contributed by atoms with Crippen molar-refractivity contribution in [2.75, 3.05) is 0 Å². The molecule has 13 aromatic rings. The molecule has 0 N–H and O–H groups in total. The quantitative estimate of drug-likeness (QED) is 0.161. The summed E-state index contributed by atoms with van der Waals surface area (Å²) in [6, 6.07) is 79.5. The van der Waals surface area contributed by atoms with E-state index in [2.05, 4.69) is 184 Å². The molecule has 0 saturated carbocycles. The monoisotopic (exact) mass is 830 g/mol. The van der Waals surface area contributed by atoms with Crippen LogP contribution in [0.3, 0.4) is 0 Å². The molecule has 0 bridgehead atoms. The van der Waals surface area contributed by atoms with Crippen molar-refractivity contribution in [1.82, 2.24) is 28.7 Å². The van der Waals surface area contributed by atoms with Gasteiger partial charge < -0.3 is 13.7 Å². The van der Waals surface area contributed by atoms with Gasteiger partial charge in [0.15, 0.2) is 17.5 Å². The maximum absolute atomic E-state index is 5.05. The second-order valence-corrected chi connectivity index (χ2v) is 16.5. The van der Waals surface area contributed by atoms with Crippen LogP contribution in [0.15, 0.2) is 231 Å². The topological polar surface area (TPSA) is 53.5 Å². The third-order valence-electron chi connectivity index (χ3n) is 12.7. The highest BCUT2D eigenvalue weighted by Crippen LogP contribution is 2.43. The van der Waals surface area contributed by atoms with Gasteiger partial charge >= 0.3 is 0 Å². The van der Waals surface area contributed by atoms with Crippen molar-refractivity contribution in [3.05, 3.63) is 231 Å². The predicted octanol–water partition coefficient (Wildman–Crippen LogP) is 14.7. The maximum Gasteiger partial charge on any atom is 0.164 e. The molecule has 0 atom stereocenters. The van der Waals surface area contributed by atoms with Gasteiger partial charge in [-0.2, -0.15) is 0 Å². The first-order chi connectivity index (χ1) is 32.2. The number of para-hydroxylation sites is 3. The Balaban J connectivity index is 1.03. The van der Waals surface area contributed by atoms with E-state index in [1.165, 1.54) is 38.0 Å². The van der Waals surface area contributed by atoms with Gasteiger partial charge in [-0.25, -0.2) is 15.0 Å². The van der Waals surface area contributed by atoms with Crippen LogP contribution in [0.4, 0.5) is 0 Å². The van der Waals surface area contributed by atoms with Crippen molar-refractivity contribution < 1.29 is 0 Å². The first-order valence-electron chi connectivity index (χ1n) is 21.9. The molecule has 4 aromatic heterocycles. The molecule has 4 heterocycles. The highest BCUT2D eigenvalue weighted by molar-refractivity contribution is 6.23. The molecule has 304 valence electrons. The van der Waals surface area contributed by atoms with E-state index in [-0.39, 0.29) is 0 Å². The molecule has 9 aromatic carbocycles. The Bertz CT molecular complexity index is 3870. The molecule has 65 heavy (non-hydrogen) atoms. The van der Waals surface area contributed by atoms with E-state index in [0.717, 1.165) is 61.4 Å². The molecule has 0 radical (unpaired) electrons. The second kappa shape index (κ2) is 14.9. The fourth-order valence-electron chi connectivity index (χ4n) is 9.72. The van der Waals surface area contributed by atoms with Gasteiger partial charge in [0.2, 0.25) is 0 Å². The molecular weight excluding hydrogens is 793 g/mol. The molecular formula is C59H38N6. The van der Waals surface area contributed by atoms with E-state index < -0.39 is 0 Å². The van der Waals surface area contributed by atoms with Gasteiger partial charge in [0.05, 0.1) is 27.6 Å². The summed E-state index contributed by atoms with van der Waals surface area (Å²) in [5.74, 6) is 1.91. The lowest BCUT2D eigenvalue weighted by atomic mass is 10.0. The summed E-state index contributed by atoms with van der Waals surface area (Å²) < 4.78 is 7.18. The second-order valence-electron chi connectivity index (χ2n) is 16.5. The first-order valence-corrected chi connectivity index (χ1v) is 21.9.